The summed E-state index contributed by atoms with van der Waals surface area (Å²) in [5, 5.41) is 15.4. The minimum atomic E-state index is -1.37. The average molecular weight is 429 g/mol. The molecule has 0 saturated carbocycles. The van der Waals surface area contributed by atoms with Crippen LogP contribution >= 0.6 is 12.6 Å². The van der Waals surface area contributed by atoms with E-state index in [9.17, 15) is 19.5 Å². The van der Waals surface area contributed by atoms with Gasteiger partial charge in [-0.25, -0.2) is 0 Å². The summed E-state index contributed by atoms with van der Waals surface area (Å²) < 4.78 is 5.17. The number of aliphatic hydroxyl groups excluding tert-OH is 1. The Bertz CT molecular complexity index is 571. The van der Waals surface area contributed by atoms with E-state index in [4.69, 9.17) is 4.74 Å². The second kappa shape index (κ2) is 16.1. The molecule has 29 heavy (non-hydrogen) atoms. The van der Waals surface area contributed by atoms with Crippen molar-refractivity contribution in [3.63, 3.8) is 0 Å². The van der Waals surface area contributed by atoms with Crippen molar-refractivity contribution in [3.05, 3.63) is 17.9 Å². The molecule has 0 saturated heterocycles. The van der Waals surface area contributed by atoms with Crippen molar-refractivity contribution in [2.75, 3.05) is 25.4 Å². The first-order valence-electron chi connectivity index (χ1n) is 10.1. The Morgan fingerprint density at radius 2 is 1.90 bits per heavy atom. The van der Waals surface area contributed by atoms with E-state index < -0.39 is 23.4 Å². The molecule has 0 fully saturated rings. The van der Waals surface area contributed by atoms with Crippen molar-refractivity contribution in [2.24, 2.45) is 5.41 Å². The maximum atomic E-state index is 12.1. The van der Waals surface area contributed by atoms with Crippen LogP contribution < -0.4 is 10.6 Å². The predicted molar refractivity (Wildman–Crippen MR) is 117 cm³/mol. The first kappa shape index (κ1) is 27.2. The largest absolute Gasteiger partial charge is 0.465 e. The Hall–Kier alpha value is -1.76. The smallest absolute Gasteiger partial charge is 0.310 e. The van der Waals surface area contributed by atoms with Gasteiger partial charge >= 0.3 is 5.97 Å². The number of ether oxygens (including phenoxy) is 1. The Balaban J connectivity index is 4.23. The monoisotopic (exact) mass is 428 g/mol. The standard InChI is InChI=1S/C21H36N2O5S/c1-4-5-6-7-8-9-10-11-18(25)28-16-21(2,3)19(26)20(27)23-13-12-17(24)22-14-15-29/h8,10,19,26,29H,4-7,11-16H2,1-3H3,(H,22,24)(H,23,27)/t9?,19-/m0/s1. The lowest BCUT2D eigenvalue weighted by atomic mass is 9.87. The van der Waals surface area contributed by atoms with Crippen LogP contribution in [0.2, 0.25) is 0 Å². The molecule has 0 unspecified atom stereocenters. The maximum absolute atomic E-state index is 12.1. The summed E-state index contributed by atoms with van der Waals surface area (Å²) in [5.41, 5.74) is 1.99. The van der Waals surface area contributed by atoms with Crippen molar-refractivity contribution in [3.8, 4) is 0 Å². The molecule has 0 aromatic rings. The highest BCUT2D eigenvalue weighted by molar-refractivity contribution is 7.80. The lowest BCUT2D eigenvalue weighted by Crippen LogP contribution is -2.47. The minimum absolute atomic E-state index is 0.0873. The molecular formula is C21H36N2O5S. The Morgan fingerprint density at radius 3 is 2.55 bits per heavy atom. The summed E-state index contributed by atoms with van der Waals surface area (Å²) in [6, 6.07) is 0. The van der Waals surface area contributed by atoms with Gasteiger partial charge in [0.05, 0.1) is 13.0 Å². The van der Waals surface area contributed by atoms with Crippen LogP contribution in [0.5, 0.6) is 0 Å². The van der Waals surface area contributed by atoms with Gasteiger partial charge in [0.15, 0.2) is 0 Å². The zero-order chi connectivity index (χ0) is 22.1. The molecule has 7 nitrogen and oxygen atoms in total. The van der Waals surface area contributed by atoms with Crippen molar-refractivity contribution in [1.29, 1.82) is 0 Å². The van der Waals surface area contributed by atoms with E-state index in [1.54, 1.807) is 19.9 Å². The fourth-order valence-electron chi connectivity index (χ4n) is 2.24. The van der Waals surface area contributed by atoms with Gasteiger partial charge in [0.1, 0.15) is 6.10 Å². The molecule has 0 aromatic heterocycles. The molecule has 8 heteroatoms. The SMILES string of the molecule is CCCCCC=C=CCC(=O)OCC(C)(C)[C@@H](O)C(=O)NCCC(=O)NCCS. The van der Waals surface area contributed by atoms with Crippen LogP contribution in [0.4, 0.5) is 0 Å². The highest BCUT2D eigenvalue weighted by Crippen LogP contribution is 2.21. The third-order valence-electron chi connectivity index (χ3n) is 4.14. The third kappa shape index (κ3) is 14.0. The molecule has 0 bridgehead atoms. The highest BCUT2D eigenvalue weighted by atomic mass is 32.1. The summed E-state index contributed by atoms with van der Waals surface area (Å²) in [5.74, 6) is -0.715. The predicted octanol–water partition coefficient (Wildman–Crippen LogP) is 2.15. The normalized spacial score (nSPS) is 11.8. The van der Waals surface area contributed by atoms with E-state index in [2.05, 4.69) is 35.9 Å². The molecule has 3 N–H and O–H groups in total. The number of hydrogen-bond acceptors (Lipinski definition) is 6. The fraction of sp³-hybridized carbons (Fsp3) is 0.714. The Morgan fingerprint density at radius 1 is 1.17 bits per heavy atom. The van der Waals surface area contributed by atoms with Crippen LogP contribution in [-0.2, 0) is 19.1 Å². The number of aliphatic hydroxyl groups is 1. The summed E-state index contributed by atoms with van der Waals surface area (Å²) >= 11 is 3.99. The van der Waals surface area contributed by atoms with Crippen molar-refractivity contribution in [2.45, 2.75) is 65.4 Å². The maximum Gasteiger partial charge on any atom is 0.310 e. The fourth-order valence-corrected chi connectivity index (χ4v) is 2.36. The van der Waals surface area contributed by atoms with Crippen molar-refractivity contribution < 1.29 is 24.2 Å². The van der Waals surface area contributed by atoms with Gasteiger partial charge in [-0.2, -0.15) is 12.6 Å². The van der Waals surface area contributed by atoms with E-state index in [-0.39, 0.29) is 31.9 Å². The number of thiol groups is 1. The summed E-state index contributed by atoms with van der Waals surface area (Å²) in [4.78, 5) is 35.4. The molecule has 0 heterocycles. The Labute approximate surface area is 179 Å². The summed E-state index contributed by atoms with van der Waals surface area (Å²) in [6.07, 6.45) is 6.72. The van der Waals surface area contributed by atoms with Crippen LogP contribution in [0.1, 0.15) is 59.3 Å². The van der Waals surface area contributed by atoms with Crippen molar-refractivity contribution in [1.82, 2.24) is 10.6 Å². The molecule has 0 aliphatic rings. The number of rotatable bonds is 15. The molecule has 2 amide bonds. The molecule has 0 spiro atoms. The zero-order valence-corrected chi connectivity index (χ0v) is 18.7. The number of hydrogen-bond donors (Lipinski definition) is 4. The lowest BCUT2D eigenvalue weighted by Gasteiger charge is -2.28. The van der Waals surface area contributed by atoms with Gasteiger partial charge in [0.25, 0.3) is 0 Å². The number of unbranched alkanes of at least 4 members (excludes halogenated alkanes) is 3. The molecular weight excluding hydrogens is 392 g/mol. The second-order valence-corrected chi connectivity index (χ2v) is 7.89. The first-order valence-corrected chi connectivity index (χ1v) is 10.8. The quantitative estimate of drug-likeness (QED) is 0.138. The highest BCUT2D eigenvalue weighted by Gasteiger charge is 2.34. The van der Waals surface area contributed by atoms with Gasteiger partial charge in [-0.3, -0.25) is 14.4 Å². The van der Waals surface area contributed by atoms with E-state index in [0.717, 1.165) is 19.3 Å². The average Bonchev–Trinajstić information content (AvgIpc) is 2.69. The van der Waals surface area contributed by atoms with E-state index in [0.29, 0.717) is 12.3 Å². The van der Waals surface area contributed by atoms with E-state index in [1.165, 1.54) is 6.42 Å². The van der Waals surface area contributed by atoms with E-state index >= 15 is 0 Å². The van der Waals surface area contributed by atoms with Gasteiger partial charge in [-0.15, -0.1) is 5.73 Å². The first-order chi connectivity index (χ1) is 13.7. The number of carbonyl (C=O) groups is 3. The zero-order valence-electron chi connectivity index (χ0n) is 17.8. The molecule has 0 radical (unpaired) electrons. The van der Waals surface area contributed by atoms with Gasteiger partial charge in [0.2, 0.25) is 11.8 Å². The van der Waals surface area contributed by atoms with Gasteiger partial charge in [0, 0.05) is 30.7 Å². The molecule has 0 aromatic carbocycles. The molecule has 0 aliphatic heterocycles. The topological polar surface area (TPSA) is 105 Å². The number of nitrogens with one attached hydrogen (secondary N) is 2. The second-order valence-electron chi connectivity index (χ2n) is 7.44. The molecule has 166 valence electrons. The number of esters is 1. The third-order valence-corrected chi connectivity index (χ3v) is 4.36. The molecule has 0 aliphatic carbocycles. The summed E-state index contributed by atoms with van der Waals surface area (Å²) in [6.45, 7) is 5.88. The lowest BCUT2D eigenvalue weighted by molar-refractivity contribution is -0.152. The molecule has 0 rings (SSSR count). The van der Waals surface area contributed by atoms with Crippen LogP contribution in [0.15, 0.2) is 17.9 Å². The van der Waals surface area contributed by atoms with Crippen molar-refractivity contribution >= 4 is 30.4 Å². The minimum Gasteiger partial charge on any atom is -0.465 e. The number of carbonyl (C=O) groups excluding carboxylic acids is 3. The summed E-state index contributed by atoms with van der Waals surface area (Å²) in [7, 11) is 0. The van der Waals surface area contributed by atoms with Crippen LogP contribution in [0, 0.1) is 5.41 Å². The van der Waals surface area contributed by atoms with Crippen LogP contribution in [0.25, 0.3) is 0 Å². The van der Waals surface area contributed by atoms with Gasteiger partial charge in [-0.05, 0) is 25.0 Å². The molecule has 1 atom stereocenters. The number of amides is 2. The Kier molecular flexibility index (Phi) is 15.1. The van der Waals surface area contributed by atoms with Gasteiger partial charge < -0.3 is 20.5 Å². The van der Waals surface area contributed by atoms with E-state index in [1.807, 2.05) is 6.08 Å². The van der Waals surface area contributed by atoms with Gasteiger partial charge in [-0.1, -0.05) is 33.6 Å². The van der Waals surface area contributed by atoms with Crippen LogP contribution in [-0.4, -0.2) is 54.4 Å². The van der Waals surface area contributed by atoms with Crippen LogP contribution in [0.3, 0.4) is 0 Å².